The molecule has 0 spiro atoms. The fourth-order valence-electron chi connectivity index (χ4n) is 2.86. The van der Waals surface area contributed by atoms with Crippen molar-refractivity contribution in [3.05, 3.63) is 46.7 Å². The highest BCUT2D eigenvalue weighted by Crippen LogP contribution is 2.29. The normalized spacial score (nSPS) is 18.0. The van der Waals surface area contributed by atoms with Crippen LogP contribution in [0.4, 0.5) is 5.69 Å². The number of thioether (sulfide) groups is 1. The summed E-state index contributed by atoms with van der Waals surface area (Å²) in [4.78, 5) is 31.7. The first kappa shape index (κ1) is 23.5. The van der Waals surface area contributed by atoms with E-state index in [1.165, 1.54) is 49.3 Å². The third-order valence-corrected chi connectivity index (χ3v) is 8.22. The Morgan fingerprint density at radius 1 is 1.26 bits per heavy atom. The van der Waals surface area contributed by atoms with Gasteiger partial charge in [0, 0.05) is 38.9 Å². The minimum atomic E-state index is -3.58. The van der Waals surface area contributed by atoms with Gasteiger partial charge in [-0.1, -0.05) is 30.8 Å². The van der Waals surface area contributed by atoms with Crippen LogP contribution in [-0.4, -0.2) is 67.0 Å². The monoisotopic (exact) mass is 480 g/mol. The molecule has 1 fully saturated rings. The van der Waals surface area contributed by atoms with E-state index in [-0.39, 0.29) is 34.9 Å². The minimum absolute atomic E-state index is 0.140. The Bertz CT molecular complexity index is 1080. The maximum atomic E-state index is 12.8. The number of amides is 2. The molecule has 1 aromatic heterocycles. The standard InChI is InChI=1S/C20H24N4O4S3/c1-14-13-24(18(25)9-10-21-19(26)17-8-5-11-29-17)20(30-14)22-15-6-4-7-16(12-15)31(27,28)23(2)3/h4-8,11-12,14H,9-10,13H2,1-3H3,(H,21,26). The maximum absolute atomic E-state index is 12.8. The summed E-state index contributed by atoms with van der Waals surface area (Å²) in [7, 11) is -0.631. The van der Waals surface area contributed by atoms with Gasteiger partial charge in [0.2, 0.25) is 15.9 Å². The van der Waals surface area contributed by atoms with E-state index in [4.69, 9.17) is 0 Å². The van der Waals surface area contributed by atoms with Gasteiger partial charge in [0.05, 0.1) is 15.5 Å². The van der Waals surface area contributed by atoms with Gasteiger partial charge in [-0.15, -0.1) is 11.3 Å². The largest absolute Gasteiger partial charge is 0.351 e. The SMILES string of the molecule is CC1CN(C(=O)CCNC(=O)c2cccs2)C(=Nc2cccc(S(=O)(=O)N(C)C)c2)S1. The summed E-state index contributed by atoms with van der Waals surface area (Å²) >= 11 is 2.81. The molecular formula is C20H24N4O4S3. The number of hydrogen-bond acceptors (Lipinski definition) is 7. The zero-order chi connectivity index (χ0) is 22.6. The minimum Gasteiger partial charge on any atom is -0.351 e. The van der Waals surface area contributed by atoms with Crippen LogP contribution in [0, 0.1) is 0 Å². The number of rotatable bonds is 7. The molecule has 0 radical (unpaired) electrons. The van der Waals surface area contributed by atoms with Crippen molar-refractivity contribution in [3.63, 3.8) is 0 Å². The summed E-state index contributed by atoms with van der Waals surface area (Å²) in [6.07, 6.45) is 0.151. The summed E-state index contributed by atoms with van der Waals surface area (Å²) in [6.45, 7) is 2.74. The smallest absolute Gasteiger partial charge is 0.261 e. The van der Waals surface area contributed by atoms with Crippen LogP contribution in [0.3, 0.4) is 0 Å². The Morgan fingerprint density at radius 3 is 2.71 bits per heavy atom. The highest BCUT2D eigenvalue weighted by atomic mass is 32.2. The quantitative estimate of drug-likeness (QED) is 0.657. The fraction of sp³-hybridized carbons (Fsp3) is 0.350. The lowest BCUT2D eigenvalue weighted by Gasteiger charge is -2.16. The Labute approximate surface area is 190 Å². The second-order valence-corrected chi connectivity index (χ2v) is 11.6. The van der Waals surface area contributed by atoms with Crippen LogP contribution in [0.15, 0.2) is 51.7 Å². The highest BCUT2D eigenvalue weighted by Gasteiger charge is 2.30. The molecule has 0 bridgehead atoms. The van der Waals surface area contributed by atoms with Crippen LogP contribution in [0.2, 0.25) is 0 Å². The topological polar surface area (TPSA) is 99.1 Å². The number of nitrogens with one attached hydrogen (secondary N) is 1. The zero-order valence-electron chi connectivity index (χ0n) is 17.4. The van der Waals surface area contributed by atoms with Gasteiger partial charge in [0.15, 0.2) is 5.17 Å². The molecule has 1 saturated heterocycles. The molecule has 1 atom stereocenters. The van der Waals surface area contributed by atoms with Gasteiger partial charge >= 0.3 is 0 Å². The number of nitrogens with zero attached hydrogens (tertiary/aromatic N) is 3. The Hall–Kier alpha value is -2.21. The molecule has 1 N–H and O–H groups in total. The van der Waals surface area contributed by atoms with Crippen molar-refractivity contribution in [2.75, 3.05) is 27.2 Å². The maximum Gasteiger partial charge on any atom is 0.261 e. The number of amidine groups is 1. The van der Waals surface area contributed by atoms with Crippen molar-refractivity contribution >= 4 is 55.8 Å². The number of hydrogen-bond donors (Lipinski definition) is 1. The number of carbonyl (C=O) groups is 2. The van der Waals surface area contributed by atoms with Crippen LogP contribution < -0.4 is 5.32 Å². The van der Waals surface area contributed by atoms with E-state index in [1.54, 1.807) is 29.2 Å². The molecule has 8 nitrogen and oxygen atoms in total. The van der Waals surface area contributed by atoms with E-state index in [1.807, 2.05) is 12.3 Å². The lowest BCUT2D eigenvalue weighted by Crippen LogP contribution is -2.35. The third-order valence-electron chi connectivity index (χ3n) is 4.47. The zero-order valence-corrected chi connectivity index (χ0v) is 19.9. The number of carbonyl (C=O) groups excluding carboxylic acids is 2. The molecule has 0 aliphatic carbocycles. The summed E-state index contributed by atoms with van der Waals surface area (Å²) in [5, 5.41) is 5.27. The fourth-order valence-corrected chi connectivity index (χ4v) is 5.49. The summed E-state index contributed by atoms with van der Waals surface area (Å²) in [5.74, 6) is -0.334. The highest BCUT2D eigenvalue weighted by molar-refractivity contribution is 8.14. The van der Waals surface area contributed by atoms with Crippen LogP contribution in [-0.2, 0) is 14.8 Å². The van der Waals surface area contributed by atoms with Crippen molar-refractivity contribution in [3.8, 4) is 0 Å². The van der Waals surface area contributed by atoms with Crippen LogP contribution in [0.25, 0.3) is 0 Å². The number of aliphatic imine (C=N–C) groups is 1. The Balaban J connectivity index is 1.70. The molecule has 0 saturated carbocycles. The third kappa shape index (κ3) is 5.73. The van der Waals surface area contributed by atoms with E-state index < -0.39 is 10.0 Å². The van der Waals surface area contributed by atoms with Gasteiger partial charge in [-0.2, -0.15) is 0 Å². The van der Waals surface area contributed by atoms with Gasteiger partial charge in [-0.05, 0) is 29.6 Å². The number of sulfonamides is 1. The molecular weight excluding hydrogens is 456 g/mol. The average molecular weight is 481 g/mol. The number of benzene rings is 1. The summed E-state index contributed by atoms with van der Waals surface area (Å²) in [5.41, 5.74) is 0.461. The summed E-state index contributed by atoms with van der Waals surface area (Å²) < 4.78 is 25.9. The van der Waals surface area contributed by atoms with Crippen molar-refractivity contribution < 1.29 is 18.0 Å². The van der Waals surface area contributed by atoms with Gasteiger partial charge < -0.3 is 5.32 Å². The van der Waals surface area contributed by atoms with Crippen molar-refractivity contribution in [1.29, 1.82) is 0 Å². The molecule has 1 aliphatic heterocycles. The first-order valence-electron chi connectivity index (χ1n) is 9.58. The van der Waals surface area contributed by atoms with Gasteiger partial charge in [0.1, 0.15) is 0 Å². The van der Waals surface area contributed by atoms with Crippen LogP contribution in [0.5, 0.6) is 0 Å². The Morgan fingerprint density at radius 2 is 2.03 bits per heavy atom. The van der Waals surface area contributed by atoms with E-state index in [2.05, 4.69) is 10.3 Å². The molecule has 11 heteroatoms. The molecule has 2 aromatic rings. The molecule has 2 heterocycles. The van der Waals surface area contributed by atoms with Crippen molar-refractivity contribution in [2.45, 2.75) is 23.5 Å². The van der Waals surface area contributed by atoms with E-state index in [0.717, 1.165) is 4.31 Å². The average Bonchev–Trinajstić information content (AvgIpc) is 3.38. The van der Waals surface area contributed by atoms with E-state index >= 15 is 0 Å². The van der Waals surface area contributed by atoms with Gasteiger partial charge in [0.25, 0.3) is 5.91 Å². The molecule has 1 aromatic carbocycles. The predicted molar refractivity (Wildman–Crippen MR) is 124 cm³/mol. The van der Waals surface area contributed by atoms with E-state index in [9.17, 15) is 18.0 Å². The molecule has 166 valence electrons. The Kier molecular flexibility index (Phi) is 7.52. The summed E-state index contributed by atoms with van der Waals surface area (Å²) in [6, 6.07) is 9.88. The number of thiophene rings is 1. The van der Waals surface area contributed by atoms with E-state index in [0.29, 0.717) is 22.3 Å². The molecule has 1 aliphatic rings. The molecule has 31 heavy (non-hydrogen) atoms. The predicted octanol–water partition coefficient (Wildman–Crippen LogP) is 2.77. The second-order valence-electron chi connectivity index (χ2n) is 7.10. The van der Waals surface area contributed by atoms with Gasteiger partial charge in [-0.3, -0.25) is 14.5 Å². The first-order valence-corrected chi connectivity index (χ1v) is 12.8. The first-order chi connectivity index (χ1) is 14.7. The lowest BCUT2D eigenvalue weighted by atomic mass is 10.3. The molecule has 3 rings (SSSR count). The van der Waals surface area contributed by atoms with Crippen LogP contribution >= 0.6 is 23.1 Å². The molecule has 2 amide bonds. The van der Waals surface area contributed by atoms with Gasteiger partial charge in [-0.25, -0.2) is 17.7 Å². The van der Waals surface area contributed by atoms with Crippen molar-refractivity contribution in [1.82, 2.24) is 14.5 Å². The molecule has 1 unspecified atom stereocenters. The lowest BCUT2D eigenvalue weighted by molar-refractivity contribution is -0.126. The second kappa shape index (κ2) is 9.94. The van der Waals surface area contributed by atoms with Crippen molar-refractivity contribution in [2.24, 2.45) is 4.99 Å². The van der Waals surface area contributed by atoms with Crippen LogP contribution in [0.1, 0.15) is 23.0 Å².